The van der Waals surface area contributed by atoms with E-state index in [9.17, 15) is 14.7 Å². The van der Waals surface area contributed by atoms with Crippen LogP contribution in [0.5, 0.6) is 11.5 Å². The highest BCUT2D eigenvalue weighted by atomic mass is 16.5. The van der Waals surface area contributed by atoms with Crippen molar-refractivity contribution >= 4 is 16.9 Å². The molecule has 0 unspecified atom stereocenters. The molecule has 2 aromatic carbocycles. The molecule has 0 fully saturated rings. The predicted molar refractivity (Wildman–Crippen MR) is 88.0 cm³/mol. The standard InChI is InChI=1S/C18H14O6/c1-22-13-8-7-10(9-14(13)23-2)17-15(18(20)21)16(19)11-5-3-4-6-12(11)24-17/h3-9H,1-2H3,(H,20,21). The van der Waals surface area contributed by atoms with Crippen LogP contribution in [-0.2, 0) is 0 Å². The van der Waals surface area contributed by atoms with Crippen LogP contribution in [0, 0.1) is 0 Å². The van der Waals surface area contributed by atoms with Gasteiger partial charge in [0.2, 0.25) is 5.43 Å². The summed E-state index contributed by atoms with van der Waals surface area (Å²) in [5.41, 5.74) is -0.278. The molecule has 0 saturated heterocycles. The first-order valence-corrected chi connectivity index (χ1v) is 7.08. The van der Waals surface area contributed by atoms with Gasteiger partial charge in [-0.1, -0.05) is 12.1 Å². The summed E-state index contributed by atoms with van der Waals surface area (Å²) in [5, 5.41) is 9.70. The van der Waals surface area contributed by atoms with E-state index in [0.717, 1.165) is 0 Å². The van der Waals surface area contributed by atoms with E-state index in [0.29, 0.717) is 22.6 Å². The van der Waals surface area contributed by atoms with Crippen molar-refractivity contribution in [1.82, 2.24) is 0 Å². The number of rotatable bonds is 4. The van der Waals surface area contributed by atoms with Crippen LogP contribution in [0.15, 0.2) is 51.7 Å². The molecule has 1 N–H and O–H groups in total. The maximum Gasteiger partial charge on any atom is 0.343 e. The number of ether oxygens (including phenoxy) is 2. The summed E-state index contributed by atoms with van der Waals surface area (Å²) in [6, 6.07) is 11.3. The SMILES string of the molecule is COc1ccc(-c2oc3ccccc3c(=O)c2C(=O)O)cc1OC. The van der Waals surface area contributed by atoms with Crippen molar-refractivity contribution in [3.8, 4) is 22.8 Å². The van der Waals surface area contributed by atoms with Gasteiger partial charge in [0.25, 0.3) is 0 Å². The smallest absolute Gasteiger partial charge is 0.343 e. The fourth-order valence-corrected chi connectivity index (χ4v) is 2.52. The van der Waals surface area contributed by atoms with Crippen LogP contribution >= 0.6 is 0 Å². The molecule has 0 aliphatic heterocycles. The summed E-state index contributed by atoms with van der Waals surface area (Å²) in [7, 11) is 2.96. The highest BCUT2D eigenvalue weighted by Gasteiger charge is 2.22. The topological polar surface area (TPSA) is 86.0 Å². The van der Waals surface area contributed by atoms with Crippen LogP contribution in [-0.4, -0.2) is 25.3 Å². The second kappa shape index (κ2) is 6.08. The van der Waals surface area contributed by atoms with Crippen LogP contribution in [0.25, 0.3) is 22.3 Å². The van der Waals surface area contributed by atoms with Crippen molar-refractivity contribution in [2.24, 2.45) is 0 Å². The lowest BCUT2D eigenvalue weighted by molar-refractivity contribution is 0.0694. The number of hydrogen-bond donors (Lipinski definition) is 1. The van der Waals surface area contributed by atoms with Crippen molar-refractivity contribution in [2.75, 3.05) is 14.2 Å². The van der Waals surface area contributed by atoms with Crippen LogP contribution in [0.2, 0.25) is 0 Å². The third-order valence-electron chi connectivity index (χ3n) is 3.66. The van der Waals surface area contributed by atoms with Gasteiger partial charge in [0.05, 0.1) is 19.6 Å². The minimum Gasteiger partial charge on any atom is -0.493 e. The molecule has 0 atom stereocenters. The molecule has 6 heteroatoms. The van der Waals surface area contributed by atoms with Gasteiger partial charge in [0, 0.05) is 5.56 Å². The Balaban J connectivity index is 2.35. The van der Waals surface area contributed by atoms with Crippen LogP contribution in [0.3, 0.4) is 0 Å². The van der Waals surface area contributed by atoms with E-state index in [2.05, 4.69) is 0 Å². The Morgan fingerprint density at radius 2 is 1.75 bits per heavy atom. The Labute approximate surface area is 136 Å². The molecule has 0 amide bonds. The van der Waals surface area contributed by atoms with Crippen LogP contribution in [0.1, 0.15) is 10.4 Å². The molecule has 1 heterocycles. The zero-order valence-corrected chi connectivity index (χ0v) is 13.0. The molecule has 1 aromatic heterocycles. The molecule has 0 saturated carbocycles. The molecule has 122 valence electrons. The third kappa shape index (κ3) is 2.48. The normalized spacial score (nSPS) is 10.6. The van der Waals surface area contributed by atoms with Gasteiger partial charge in [-0.2, -0.15) is 0 Å². The summed E-state index contributed by atoms with van der Waals surface area (Å²) in [6.45, 7) is 0. The molecular weight excluding hydrogens is 312 g/mol. The maximum atomic E-state index is 12.5. The second-order valence-corrected chi connectivity index (χ2v) is 5.01. The fourth-order valence-electron chi connectivity index (χ4n) is 2.52. The first-order chi connectivity index (χ1) is 11.6. The molecule has 0 aliphatic carbocycles. The zero-order chi connectivity index (χ0) is 17.3. The van der Waals surface area contributed by atoms with Crippen molar-refractivity contribution < 1.29 is 23.8 Å². The Hall–Kier alpha value is -3.28. The van der Waals surface area contributed by atoms with E-state index in [1.807, 2.05) is 0 Å². The minimum absolute atomic E-state index is 0.0212. The quantitative estimate of drug-likeness (QED) is 0.792. The van der Waals surface area contributed by atoms with Gasteiger partial charge in [-0.05, 0) is 30.3 Å². The summed E-state index contributed by atoms with van der Waals surface area (Å²) in [5.74, 6) is -0.477. The number of hydrogen-bond acceptors (Lipinski definition) is 5. The van der Waals surface area contributed by atoms with E-state index in [-0.39, 0.29) is 11.1 Å². The lowest BCUT2D eigenvalue weighted by Gasteiger charge is -2.11. The number of para-hydroxylation sites is 1. The van der Waals surface area contributed by atoms with E-state index in [1.54, 1.807) is 36.4 Å². The summed E-state index contributed by atoms with van der Waals surface area (Å²) < 4.78 is 16.1. The van der Waals surface area contributed by atoms with Crippen molar-refractivity contribution in [1.29, 1.82) is 0 Å². The lowest BCUT2D eigenvalue weighted by atomic mass is 10.0. The Kier molecular flexibility index (Phi) is 3.95. The largest absolute Gasteiger partial charge is 0.493 e. The average molecular weight is 326 g/mol. The molecule has 0 spiro atoms. The van der Waals surface area contributed by atoms with Gasteiger partial charge >= 0.3 is 5.97 Å². The van der Waals surface area contributed by atoms with Crippen molar-refractivity contribution in [2.45, 2.75) is 0 Å². The summed E-state index contributed by atoms with van der Waals surface area (Å²) in [6.07, 6.45) is 0. The highest BCUT2D eigenvalue weighted by Crippen LogP contribution is 2.34. The average Bonchev–Trinajstić information content (AvgIpc) is 2.60. The van der Waals surface area contributed by atoms with Crippen LogP contribution < -0.4 is 14.9 Å². The van der Waals surface area contributed by atoms with Crippen molar-refractivity contribution in [3.63, 3.8) is 0 Å². The van der Waals surface area contributed by atoms with Gasteiger partial charge in [-0.3, -0.25) is 4.79 Å². The predicted octanol–water partition coefficient (Wildman–Crippen LogP) is 3.18. The van der Waals surface area contributed by atoms with E-state index in [1.165, 1.54) is 20.3 Å². The summed E-state index contributed by atoms with van der Waals surface area (Å²) >= 11 is 0. The fraction of sp³-hybridized carbons (Fsp3) is 0.111. The number of carbonyl (C=O) groups is 1. The monoisotopic (exact) mass is 326 g/mol. The number of methoxy groups -OCH3 is 2. The van der Waals surface area contributed by atoms with Gasteiger partial charge < -0.3 is 19.0 Å². The molecule has 0 bridgehead atoms. The second-order valence-electron chi connectivity index (χ2n) is 5.01. The van der Waals surface area contributed by atoms with E-state index < -0.39 is 17.0 Å². The van der Waals surface area contributed by atoms with E-state index in [4.69, 9.17) is 13.9 Å². The zero-order valence-electron chi connectivity index (χ0n) is 13.0. The van der Waals surface area contributed by atoms with Crippen molar-refractivity contribution in [3.05, 3.63) is 58.3 Å². The van der Waals surface area contributed by atoms with Gasteiger partial charge in [0.15, 0.2) is 22.8 Å². The molecule has 0 radical (unpaired) electrons. The molecule has 0 aliphatic rings. The van der Waals surface area contributed by atoms with Gasteiger partial charge in [-0.25, -0.2) is 4.79 Å². The Bertz CT molecular complexity index is 986. The maximum absolute atomic E-state index is 12.5. The Morgan fingerprint density at radius 3 is 2.42 bits per heavy atom. The number of benzene rings is 2. The molecule has 24 heavy (non-hydrogen) atoms. The van der Waals surface area contributed by atoms with Gasteiger partial charge in [-0.15, -0.1) is 0 Å². The number of fused-ring (bicyclic) bond motifs is 1. The van der Waals surface area contributed by atoms with E-state index >= 15 is 0 Å². The first kappa shape index (κ1) is 15.6. The molecule has 3 rings (SSSR count). The molecular formula is C18H14O6. The minimum atomic E-state index is -1.35. The number of carboxylic acid groups (broad SMARTS) is 1. The Morgan fingerprint density at radius 1 is 1.04 bits per heavy atom. The molecule has 3 aromatic rings. The molecule has 6 nitrogen and oxygen atoms in total. The number of carboxylic acids is 1. The number of aromatic carboxylic acids is 1. The van der Waals surface area contributed by atoms with Gasteiger partial charge in [0.1, 0.15) is 5.58 Å². The first-order valence-electron chi connectivity index (χ1n) is 7.08. The third-order valence-corrected chi connectivity index (χ3v) is 3.66. The van der Waals surface area contributed by atoms with Crippen LogP contribution in [0.4, 0.5) is 0 Å². The lowest BCUT2D eigenvalue weighted by Crippen LogP contribution is -2.16. The summed E-state index contributed by atoms with van der Waals surface area (Å²) in [4.78, 5) is 24.2. The highest BCUT2D eigenvalue weighted by molar-refractivity contribution is 5.98.